The Morgan fingerprint density at radius 2 is 1.82 bits per heavy atom. The number of halogens is 1. The number of nitrogens with zero attached hydrogens (tertiary/aromatic N) is 1. The second kappa shape index (κ2) is 8.84. The molecule has 0 spiro atoms. The highest BCUT2D eigenvalue weighted by Crippen LogP contribution is 2.28. The van der Waals surface area contributed by atoms with Crippen molar-refractivity contribution in [3.05, 3.63) is 58.6 Å². The van der Waals surface area contributed by atoms with Gasteiger partial charge in [0.2, 0.25) is 15.9 Å². The number of aryl methyl sites for hydroxylation is 1. The van der Waals surface area contributed by atoms with Crippen LogP contribution in [0.3, 0.4) is 0 Å². The number of methoxy groups -OCH3 is 1. The molecule has 6 nitrogen and oxygen atoms in total. The predicted octanol–water partition coefficient (Wildman–Crippen LogP) is 3.69. The number of nitrogens with one attached hydrogen (secondary N) is 1. The fourth-order valence-electron chi connectivity index (χ4n) is 2.96. The molecule has 0 aliphatic carbocycles. The zero-order chi connectivity index (χ0) is 21.1. The monoisotopic (exact) mass is 424 g/mol. The molecule has 0 aliphatic heterocycles. The maximum Gasteiger partial charge on any atom is 0.244 e. The molecule has 2 atom stereocenters. The molecule has 28 heavy (non-hydrogen) atoms. The maximum absolute atomic E-state index is 12.8. The van der Waals surface area contributed by atoms with Gasteiger partial charge in [0.25, 0.3) is 0 Å². The van der Waals surface area contributed by atoms with Gasteiger partial charge in [-0.3, -0.25) is 9.10 Å². The second-order valence-electron chi connectivity index (χ2n) is 6.64. The predicted molar refractivity (Wildman–Crippen MR) is 113 cm³/mol. The van der Waals surface area contributed by atoms with E-state index >= 15 is 0 Å². The Hall–Kier alpha value is -2.25. The van der Waals surface area contributed by atoms with Crippen molar-refractivity contribution in [2.75, 3.05) is 17.7 Å². The summed E-state index contributed by atoms with van der Waals surface area (Å²) in [7, 11) is -2.16. The first-order valence-electron chi connectivity index (χ1n) is 8.75. The van der Waals surface area contributed by atoms with Crippen molar-refractivity contribution in [1.29, 1.82) is 0 Å². The Morgan fingerprint density at radius 3 is 2.39 bits per heavy atom. The van der Waals surface area contributed by atoms with Gasteiger partial charge in [0, 0.05) is 10.6 Å². The highest BCUT2D eigenvalue weighted by Gasteiger charge is 2.30. The summed E-state index contributed by atoms with van der Waals surface area (Å²) in [5.74, 6) is 0.216. The summed E-state index contributed by atoms with van der Waals surface area (Å²) in [6.45, 7) is 5.18. The number of anilines is 1. The quantitative estimate of drug-likeness (QED) is 0.735. The Morgan fingerprint density at radius 1 is 1.18 bits per heavy atom. The lowest BCUT2D eigenvalue weighted by Gasteiger charge is -2.29. The van der Waals surface area contributed by atoms with Crippen molar-refractivity contribution in [1.82, 2.24) is 5.32 Å². The van der Waals surface area contributed by atoms with E-state index in [1.165, 1.54) is 0 Å². The van der Waals surface area contributed by atoms with Crippen molar-refractivity contribution in [2.45, 2.75) is 32.9 Å². The lowest BCUT2D eigenvalue weighted by atomic mass is 10.1. The second-order valence-corrected chi connectivity index (χ2v) is 8.91. The third kappa shape index (κ3) is 4.97. The molecule has 0 aromatic heterocycles. The summed E-state index contributed by atoms with van der Waals surface area (Å²) >= 11 is 6.15. The molecule has 2 aromatic rings. The molecule has 0 heterocycles. The Labute approximate surface area is 171 Å². The summed E-state index contributed by atoms with van der Waals surface area (Å²) in [6.07, 6.45) is 1.06. The van der Waals surface area contributed by atoms with Crippen LogP contribution in [-0.4, -0.2) is 33.7 Å². The first-order chi connectivity index (χ1) is 13.1. The van der Waals surface area contributed by atoms with E-state index in [1.807, 2.05) is 32.0 Å². The fourth-order valence-corrected chi connectivity index (χ4v) is 4.31. The SMILES string of the molecule is COc1ccccc1[C@@H](C)NC(=O)[C@H](C)N(c1ccc(C)c(Cl)c1)S(C)(=O)=O. The van der Waals surface area contributed by atoms with E-state index in [0.29, 0.717) is 16.5 Å². The summed E-state index contributed by atoms with van der Waals surface area (Å²) in [5.41, 5.74) is 1.96. The van der Waals surface area contributed by atoms with Crippen molar-refractivity contribution in [3.63, 3.8) is 0 Å². The van der Waals surface area contributed by atoms with Gasteiger partial charge in [-0.2, -0.15) is 0 Å². The van der Waals surface area contributed by atoms with E-state index in [2.05, 4.69) is 5.32 Å². The lowest BCUT2D eigenvalue weighted by Crippen LogP contribution is -2.48. The minimum absolute atomic E-state index is 0.339. The standard InChI is InChI=1S/C20H25ClN2O4S/c1-13-10-11-16(12-18(13)21)23(28(5,25)26)15(3)20(24)22-14(2)17-8-6-7-9-19(17)27-4/h6-12,14-15H,1-5H3,(H,22,24)/t14-,15+/m1/s1. The number of carbonyl (C=O) groups is 1. The number of hydrogen-bond donors (Lipinski definition) is 1. The van der Waals surface area contributed by atoms with Crippen LogP contribution in [-0.2, 0) is 14.8 Å². The highest BCUT2D eigenvalue weighted by atomic mass is 35.5. The molecule has 0 radical (unpaired) electrons. The number of sulfonamides is 1. The molecule has 2 rings (SSSR count). The van der Waals surface area contributed by atoms with Crippen LogP contribution in [0.25, 0.3) is 0 Å². The number of hydrogen-bond acceptors (Lipinski definition) is 4. The largest absolute Gasteiger partial charge is 0.496 e. The van der Waals surface area contributed by atoms with Crippen molar-refractivity contribution in [3.8, 4) is 5.75 Å². The van der Waals surface area contributed by atoms with E-state index < -0.39 is 22.0 Å². The Balaban J connectivity index is 2.30. The number of amides is 1. The van der Waals surface area contributed by atoms with Gasteiger partial charge < -0.3 is 10.1 Å². The van der Waals surface area contributed by atoms with Crippen molar-refractivity contribution >= 4 is 33.2 Å². The van der Waals surface area contributed by atoms with Gasteiger partial charge in [0.15, 0.2) is 0 Å². The van der Waals surface area contributed by atoms with Crippen LogP contribution in [0, 0.1) is 6.92 Å². The summed E-state index contributed by atoms with van der Waals surface area (Å²) in [4.78, 5) is 12.8. The van der Waals surface area contributed by atoms with Crippen LogP contribution in [0.2, 0.25) is 5.02 Å². The normalized spacial score (nSPS) is 13.5. The maximum atomic E-state index is 12.8. The van der Waals surface area contributed by atoms with E-state index in [9.17, 15) is 13.2 Å². The van der Waals surface area contributed by atoms with Crippen LogP contribution in [0.15, 0.2) is 42.5 Å². The molecule has 0 saturated heterocycles. The van der Waals surface area contributed by atoms with Gasteiger partial charge in [0.05, 0.1) is 25.1 Å². The van der Waals surface area contributed by atoms with Crippen LogP contribution < -0.4 is 14.4 Å². The summed E-state index contributed by atoms with van der Waals surface area (Å²) in [6, 6.07) is 10.9. The smallest absolute Gasteiger partial charge is 0.244 e. The third-order valence-electron chi connectivity index (χ3n) is 4.46. The van der Waals surface area contributed by atoms with Gasteiger partial charge in [0.1, 0.15) is 11.8 Å². The molecule has 0 saturated carbocycles. The number of rotatable bonds is 7. The molecule has 1 N–H and O–H groups in total. The first-order valence-corrected chi connectivity index (χ1v) is 11.0. The zero-order valence-corrected chi connectivity index (χ0v) is 18.1. The van der Waals surface area contributed by atoms with E-state index in [1.54, 1.807) is 38.3 Å². The molecular weight excluding hydrogens is 400 g/mol. The topological polar surface area (TPSA) is 75.7 Å². The van der Waals surface area contributed by atoms with Gasteiger partial charge in [-0.05, 0) is 44.5 Å². The average molecular weight is 425 g/mol. The first kappa shape index (κ1) is 22.0. The number of para-hydroxylation sites is 1. The minimum Gasteiger partial charge on any atom is -0.496 e. The molecule has 8 heteroatoms. The number of carbonyl (C=O) groups excluding carboxylic acids is 1. The summed E-state index contributed by atoms with van der Waals surface area (Å²) in [5, 5.41) is 3.29. The fraction of sp³-hybridized carbons (Fsp3) is 0.350. The Kier molecular flexibility index (Phi) is 6.96. The number of ether oxygens (including phenoxy) is 1. The van der Waals surface area contributed by atoms with Crippen molar-refractivity contribution < 1.29 is 17.9 Å². The van der Waals surface area contributed by atoms with Gasteiger partial charge in [-0.25, -0.2) is 8.42 Å². The molecule has 0 aliphatic rings. The third-order valence-corrected chi connectivity index (χ3v) is 6.11. The van der Waals surface area contributed by atoms with E-state index in [4.69, 9.17) is 16.3 Å². The molecule has 0 bridgehead atoms. The molecule has 1 amide bonds. The molecule has 0 unspecified atom stereocenters. The molecular formula is C20H25ClN2O4S. The van der Waals surface area contributed by atoms with Crippen LogP contribution >= 0.6 is 11.6 Å². The average Bonchev–Trinajstić information content (AvgIpc) is 2.63. The van der Waals surface area contributed by atoms with Crippen LogP contribution in [0.4, 0.5) is 5.69 Å². The van der Waals surface area contributed by atoms with Crippen LogP contribution in [0.5, 0.6) is 5.75 Å². The lowest BCUT2D eigenvalue weighted by molar-refractivity contribution is -0.122. The molecule has 152 valence electrons. The molecule has 0 fully saturated rings. The van der Waals surface area contributed by atoms with E-state index in [0.717, 1.165) is 21.7 Å². The van der Waals surface area contributed by atoms with E-state index in [-0.39, 0.29) is 6.04 Å². The number of benzene rings is 2. The van der Waals surface area contributed by atoms with Crippen LogP contribution in [0.1, 0.15) is 31.0 Å². The zero-order valence-electron chi connectivity index (χ0n) is 16.6. The van der Waals surface area contributed by atoms with Gasteiger partial charge in [-0.15, -0.1) is 0 Å². The Bertz CT molecular complexity index is 962. The minimum atomic E-state index is -3.72. The van der Waals surface area contributed by atoms with Gasteiger partial charge in [-0.1, -0.05) is 35.9 Å². The highest BCUT2D eigenvalue weighted by molar-refractivity contribution is 7.92. The summed E-state index contributed by atoms with van der Waals surface area (Å²) < 4.78 is 31.2. The van der Waals surface area contributed by atoms with Crippen molar-refractivity contribution in [2.24, 2.45) is 0 Å². The van der Waals surface area contributed by atoms with Gasteiger partial charge >= 0.3 is 0 Å². The molecule has 2 aromatic carbocycles.